The minimum Gasteiger partial charge on any atom is -0.383 e. The molecule has 1 atom stereocenters. The predicted octanol–water partition coefficient (Wildman–Crippen LogP) is -0.344. The fraction of sp³-hybridized carbons (Fsp3) is 0.667. The van der Waals surface area contributed by atoms with E-state index in [0.717, 1.165) is 18.7 Å². The highest BCUT2D eigenvalue weighted by molar-refractivity contribution is 5.09. The molecule has 0 saturated carbocycles. The molecule has 1 unspecified atom stereocenters. The van der Waals surface area contributed by atoms with Crippen molar-refractivity contribution in [2.75, 3.05) is 26.8 Å². The van der Waals surface area contributed by atoms with Gasteiger partial charge in [0.1, 0.15) is 0 Å². The molecule has 1 aromatic rings. The molecular weight excluding hydrogens is 180 g/mol. The van der Waals surface area contributed by atoms with Crippen molar-refractivity contribution >= 4 is 0 Å². The van der Waals surface area contributed by atoms with Gasteiger partial charge in [-0.2, -0.15) is 5.10 Å². The molecular formula is C9H18N4O. The number of ether oxygens (including phenoxy) is 1. The Morgan fingerprint density at radius 1 is 1.71 bits per heavy atom. The Bertz CT molecular complexity index is 261. The average molecular weight is 198 g/mol. The summed E-state index contributed by atoms with van der Waals surface area (Å²) in [7, 11) is 3.57. The number of methoxy groups -OCH3 is 1. The number of nitrogens with two attached hydrogens (primary N) is 1. The molecule has 0 bridgehead atoms. The molecule has 3 N–H and O–H groups in total. The molecule has 0 saturated heterocycles. The van der Waals surface area contributed by atoms with Crippen LogP contribution in [0.1, 0.15) is 11.6 Å². The van der Waals surface area contributed by atoms with E-state index in [1.165, 1.54) is 0 Å². The fourth-order valence-electron chi connectivity index (χ4n) is 1.18. The minimum absolute atomic E-state index is 0.000515. The van der Waals surface area contributed by atoms with E-state index in [0.29, 0.717) is 6.61 Å². The smallest absolute Gasteiger partial charge is 0.0587 e. The van der Waals surface area contributed by atoms with E-state index in [1.807, 2.05) is 13.2 Å². The van der Waals surface area contributed by atoms with Crippen LogP contribution in [-0.2, 0) is 11.8 Å². The fourth-order valence-corrected chi connectivity index (χ4v) is 1.18. The van der Waals surface area contributed by atoms with E-state index in [2.05, 4.69) is 10.4 Å². The van der Waals surface area contributed by atoms with E-state index < -0.39 is 0 Å². The van der Waals surface area contributed by atoms with Gasteiger partial charge in [0.15, 0.2) is 0 Å². The van der Waals surface area contributed by atoms with Crippen LogP contribution < -0.4 is 11.1 Å². The highest BCUT2D eigenvalue weighted by Gasteiger charge is 2.06. The lowest BCUT2D eigenvalue weighted by Crippen LogP contribution is -2.29. The third-order valence-electron chi connectivity index (χ3n) is 2.00. The molecule has 5 nitrogen and oxygen atoms in total. The third kappa shape index (κ3) is 3.45. The first-order valence-corrected chi connectivity index (χ1v) is 4.68. The van der Waals surface area contributed by atoms with Crippen LogP contribution in [0.4, 0.5) is 0 Å². The molecule has 1 heterocycles. The van der Waals surface area contributed by atoms with Crippen molar-refractivity contribution < 1.29 is 4.74 Å². The molecule has 0 aliphatic heterocycles. The molecule has 1 aromatic heterocycles. The Kier molecular flexibility index (Phi) is 4.58. The van der Waals surface area contributed by atoms with Gasteiger partial charge in [-0.25, -0.2) is 0 Å². The van der Waals surface area contributed by atoms with E-state index in [9.17, 15) is 0 Å². The van der Waals surface area contributed by atoms with E-state index >= 15 is 0 Å². The van der Waals surface area contributed by atoms with Crippen molar-refractivity contribution in [2.45, 2.75) is 6.04 Å². The molecule has 0 amide bonds. The Balaban J connectivity index is 2.25. The van der Waals surface area contributed by atoms with Crippen LogP contribution in [0.25, 0.3) is 0 Å². The lowest BCUT2D eigenvalue weighted by molar-refractivity contribution is 0.199. The van der Waals surface area contributed by atoms with Gasteiger partial charge in [0.05, 0.1) is 12.8 Å². The topological polar surface area (TPSA) is 65.1 Å². The second-order valence-corrected chi connectivity index (χ2v) is 3.25. The van der Waals surface area contributed by atoms with Crippen LogP contribution in [0.3, 0.4) is 0 Å². The Hall–Kier alpha value is -0.910. The van der Waals surface area contributed by atoms with Crippen molar-refractivity contribution in [1.29, 1.82) is 0 Å². The summed E-state index contributed by atoms with van der Waals surface area (Å²) in [6, 6.07) is 0.000515. The standard InChI is InChI=1S/C9H18N4O/c1-13-7-8(5-12-13)9(10)6-11-3-4-14-2/h5,7,9,11H,3-4,6,10H2,1-2H3. The molecule has 0 fully saturated rings. The zero-order chi connectivity index (χ0) is 10.4. The number of aryl methyl sites for hydroxylation is 1. The largest absolute Gasteiger partial charge is 0.383 e. The molecule has 5 heteroatoms. The van der Waals surface area contributed by atoms with Gasteiger partial charge in [-0.3, -0.25) is 4.68 Å². The van der Waals surface area contributed by atoms with Gasteiger partial charge in [0.2, 0.25) is 0 Å². The second kappa shape index (κ2) is 5.74. The molecule has 14 heavy (non-hydrogen) atoms. The predicted molar refractivity (Wildman–Crippen MR) is 54.9 cm³/mol. The third-order valence-corrected chi connectivity index (χ3v) is 2.00. The summed E-state index contributed by atoms with van der Waals surface area (Å²) in [6.45, 7) is 2.28. The molecule has 0 radical (unpaired) electrons. The molecule has 0 aromatic carbocycles. The summed E-state index contributed by atoms with van der Waals surface area (Å²) in [5.74, 6) is 0. The zero-order valence-electron chi connectivity index (χ0n) is 8.73. The number of hydrogen-bond acceptors (Lipinski definition) is 4. The highest BCUT2D eigenvalue weighted by Crippen LogP contribution is 2.06. The quantitative estimate of drug-likeness (QED) is 0.614. The first-order chi connectivity index (χ1) is 6.74. The molecule has 0 aliphatic rings. The number of nitrogens with one attached hydrogen (secondary N) is 1. The Morgan fingerprint density at radius 2 is 2.50 bits per heavy atom. The molecule has 80 valence electrons. The monoisotopic (exact) mass is 198 g/mol. The number of rotatable bonds is 6. The number of hydrogen-bond donors (Lipinski definition) is 2. The molecule has 0 spiro atoms. The maximum Gasteiger partial charge on any atom is 0.0587 e. The molecule has 1 rings (SSSR count). The van der Waals surface area contributed by atoms with Crippen molar-refractivity contribution in [1.82, 2.24) is 15.1 Å². The van der Waals surface area contributed by atoms with Crippen LogP contribution in [0.2, 0.25) is 0 Å². The van der Waals surface area contributed by atoms with Gasteiger partial charge >= 0.3 is 0 Å². The first kappa shape index (κ1) is 11.2. The summed E-state index contributed by atoms with van der Waals surface area (Å²) in [4.78, 5) is 0. The van der Waals surface area contributed by atoms with Crippen molar-refractivity contribution in [3.8, 4) is 0 Å². The van der Waals surface area contributed by atoms with E-state index in [4.69, 9.17) is 10.5 Å². The summed E-state index contributed by atoms with van der Waals surface area (Å²) < 4.78 is 6.67. The average Bonchev–Trinajstić information content (AvgIpc) is 2.59. The summed E-state index contributed by atoms with van der Waals surface area (Å²) in [5.41, 5.74) is 6.99. The second-order valence-electron chi connectivity index (χ2n) is 3.25. The molecule has 0 aliphatic carbocycles. The van der Waals surface area contributed by atoms with Gasteiger partial charge in [-0.15, -0.1) is 0 Å². The van der Waals surface area contributed by atoms with Crippen LogP contribution in [0.15, 0.2) is 12.4 Å². The maximum absolute atomic E-state index is 5.93. The van der Waals surface area contributed by atoms with Gasteiger partial charge < -0.3 is 15.8 Å². The van der Waals surface area contributed by atoms with Crippen molar-refractivity contribution in [2.24, 2.45) is 12.8 Å². The zero-order valence-corrected chi connectivity index (χ0v) is 8.73. The minimum atomic E-state index is 0.000515. The van der Waals surface area contributed by atoms with Gasteiger partial charge in [0.25, 0.3) is 0 Å². The summed E-state index contributed by atoms with van der Waals surface area (Å²) >= 11 is 0. The van der Waals surface area contributed by atoms with Gasteiger partial charge in [0, 0.05) is 45.0 Å². The normalized spacial score (nSPS) is 13.1. The SMILES string of the molecule is COCCNCC(N)c1cnn(C)c1. The van der Waals surface area contributed by atoms with E-state index in [1.54, 1.807) is 18.0 Å². The maximum atomic E-state index is 5.93. The number of nitrogens with zero attached hydrogens (tertiary/aromatic N) is 2. The lowest BCUT2D eigenvalue weighted by Gasteiger charge is -2.10. The summed E-state index contributed by atoms with van der Waals surface area (Å²) in [5, 5.41) is 7.27. The summed E-state index contributed by atoms with van der Waals surface area (Å²) in [6.07, 6.45) is 3.73. The Labute approximate surface area is 84.2 Å². The van der Waals surface area contributed by atoms with Gasteiger partial charge in [-0.1, -0.05) is 0 Å². The van der Waals surface area contributed by atoms with Crippen LogP contribution in [0.5, 0.6) is 0 Å². The van der Waals surface area contributed by atoms with E-state index in [-0.39, 0.29) is 6.04 Å². The van der Waals surface area contributed by atoms with Crippen molar-refractivity contribution in [3.05, 3.63) is 18.0 Å². The highest BCUT2D eigenvalue weighted by atomic mass is 16.5. The van der Waals surface area contributed by atoms with Crippen LogP contribution >= 0.6 is 0 Å². The van der Waals surface area contributed by atoms with Crippen molar-refractivity contribution in [3.63, 3.8) is 0 Å². The number of aromatic nitrogens is 2. The Morgan fingerprint density at radius 3 is 3.07 bits per heavy atom. The van der Waals surface area contributed by atoms with Crippen LogP contribution in [0, 0.1) is 0 Å². The lowest BCUT2D eigenvalue weighted by atomic mass is 10.2. The van der Waals surface area contributed by atoms with Gasteiger partial charge in [-0.05, 0) is 0 Å². The first-order valence-electron chi connectivity index (χ1n) is 4.68. The van der Waals surface area contributed by atoms with Crippen LogP contribution in [-0.4, -0.2) is 36.6 Å².